The Labute approximate surface area is 174 Å². The number of hydrogen-bond donors (Lipinski definition) is 1. The van der Waals surface area contributed by atoms with Crippen molar-refractivity contribution in [2.24, 2.45) is 0 Å². The zero-order valence-corrected chi connectivity index (χ0v) is 17.1. The van der Waals surface area contributed by atoms with Crippen LogP contribution in [0.25, 0.3) is 0 Å². The first-order chi connectivity index (χ1) is 14.3. The summed E-state index contributed by atoms with van der Waals surface area (Å²) in [6.07, 6.45) is 1.33. The molecule has 0 spiro atoms. The number of nitriles is 1. The number of pyridine rings is 1. The van der Waals surface area contributed by atoms with Gasteiger partial charge >= 0.3 is 0 Å². The van der Waals surface area contributed by atoms with Crippen LogP contribution in [0.2, 0.25) is 0 Å². The third kappa shape index (κ3) is 4.39. The Hall–Kier alpha value is -3.90. The predicted octanol–water partition coefficient (Wildman–Crippen LogP) is 3.04. The number of aromatic nitrogens is 1. The van der Waals surface area contributed by atoms with Crippen LogP contribution in [-0.2, 0) is 10.0 Å². The van der Waals surface area contributed by atoms with Crippen LogP contribution in [0.5, 0.6) is 5.75 Å². The molecular weight excluding hydrogens is 404 g/mol. The van der Waals surface area contributed by atoms with Gasteiger partial charge in [-0.2, -0.15) is 5.26 Å². The molecule has 2 aromatic carbocycles. The predicted molar refractivity (Wildman–Crippen MR) is 112 cm³/mol. The number of methoxy groups -OCH3 is 1. The quantitative estimate of drug-likeness (QED) is 0.653. The number of rotatable bonds is 6. The molecule has 0 saturated carbocycles. The molecule has 9 heteroatoms. The van der Waals surface area contributed by atoms with Crippen LogP contribution in [0.3, 0.4) is 0 Å². The van der Waals surface area contributed by atoms with Crippen molar-refractivity contribution < 1.29 is 17.9 Å². The Kier molecular flexibility index (Phi) is 5.99. The Bertz CT molecular complexity index is 1200. The van der Waals surface area contributed by atoms with E-state index in [1.165, 1.54) is 56.8 Å². The lowest BCUT2D eigenvalue weighted by molar-refractivity contribution is 0.102. The van der Waals surface area contributed by atoms with E-state index < -0.39 is 15.9 Å². The fraction of sp³-hybridized carbons (Fsp3) is 0.0952. The van der Waals surface area contributed by atoms with Crippen molar-refractivity contribution >= 4 is 27.4 Å². The summed E-state index contributed by atoms with van der Waals surface area (Å²) in [6.45, 7) is 0. The highest BCUT2D eigenvalue weighted by Gasteiger charge is 2.22. The lowest BCUT2D eigenvalue weighted by atomic mass is 10.2. The van der Waals surface area contributed by atoms with Crippen molar-refractivity contribution in [1.82, 2.24) is 4.98 Å². The molecule has 3 rings (SSSR count). The summed E-state index contributed by atoms with van der Waals surface area (Å²) in [5.41, 5.74) is 0.973. The average Bonchev–Trinajstić information content (AvgIpc) is 2.79. The van der Waals surface area contributed by atoms with Gasteiger partial charge in [0, 0.05) is 18.8 Å². The summed E-state index contributed by atoms with van der Waals surface area (Å²) in [6, 6.07) is 17.3. The lowest BCUT2D eigenvalue weighted by Crippen LogP contribution is -2.26. The van der Waals surface area contributed by atoms with Gasteiger partial charge in [-0.05, 0) is 54.6 Å². The molecule has 0 atom stereocenters. The molecule has 0 saturated heterocycles. The van der Waals surface area contributed by atoms with Crippen LogP contribution < -0.4 is 14.4 Å². The zero-order chi connectivity index (χ0) is 21.7. The molecule has 30 heavy (non-hydrogen) atoms. The minimum atomic E-state index is -3.89. The molecule has 0 fully saturated rings. The molecule has 0 aliphatic carbocycles. The van der Waals surface area contributed by atoms with Crippen molar-refractivity contribution in [3.05, 3.63) is 78.0 Å². The highest BCUT2D eigenvalue weighted by Crippen LogP contribution is 2.25. The maximum Gasteiger partial charge on any atom is 0.264 e. The summed E-state index contributed by atoms with van der Waals surface area (Å²) >= 11 is 0. The fourth-order valence-electron chi connectivity index (χ4n) is 2.61. The molecule has 0 radical (unpaired) electrons. The third-order valence-corrected chi connectivity index (χ3v) is 6.11. The van der Waals surface area contributed by atoms with E-state index in [2.05, 4.69) is 10.3 Å². The Balaban J connectivity index is 1.83. The van der Waals surface area contributed by atoms with E-state index in [4.69, 9.17) is 10.00 Å². The van der Waals surface area contributed by atoms with Gasteiger partial charge in [0.25, 0.3) is 15.9 Å². The second kappa shape index (κ2) is 8.63. The van der Waals surface area contributed by atoms with Crippen molar-refractivity contribution in [2.45, 2.75) is 4.90 Å². The maximum atomic E-state index is 13.0. The number of nitrogens with one attached hydrogen (secondary N) is 1. The molecule has 0 bridgehead atoms. The first-order valence-electron chi connectivity index (χ1n) is 8.75. The molecule has 3 aromatic rings. The van der Waals surface area contributed by atoms with Crippen molar-refractivity contribution in [2.75, 3.05) is 23.8 Å². The highest BCUT2D eigenvalue weighted by atomic mass is 32.2. The molecule has 1 amide bonds. The largest absolute Gasteiger partial charge is 0.497 e. The summed E-state index contributed by atoms with van der Waals surface area (Å²) in [5, 5.41) is 11.4. The normalized spacial score (nSPS) is 10.7. The number of hydrogen-bond acceptors (Lipinski definition) is 6. The number of nitrogens with zero attached hydrogens (tertiary/aromatic N) is 3. The summed E-state index contributed by atoms with van der Waals surface area (Å²) < 4.78 is 32.2. The summed E-state index contributed by atoms with van der Waals surface area (Å²) in [4.78, 5) is 16.5. The van der Waals surface area contributed by atoms with E-state index in [0.717, 1.165) is 4.31 Å². The second-order valence-electron chi connectivity index (χ2n) is 6.20. The van der Waals surface area contributed by atoms with E-state index in [1.54, 1.807) is 24.3 Å². The van der Waals surface area contributed by atoms with Crippen LogP contribution in [0, 0.1) is 11.3 Å². The number of sulfonamides is 1. The van der Waals surface area contributed by atoms with Gasteiger partial charge in [-0.1, -0.05) is 6.07 Å². The number of carbonyl (C=O) groups is 1. The molecule has 0 aliphatic heterocycles. The monoisotopic (exact) mass is 422 g/mol. The maximum absolute atomic E-state index is 13.0. The van der Waals surface area contributed by atoms with Crippen LogP contribution in [0.15, 0.2) is 71.8 Å². The van der Waals surface area contributed by atoms with Gasteiger partial charge in [0.05, 0.1) is 23.3 Å². The number of anilines is 2. The van der Waals surface area contributed by atoms with E-state index in [9.17, 15) is 13.2 Å². The Morgan fingerprint density at radius 2 is 1.87 bits per heavy atom. The van der Waals surface area contributed by atoms with Gasteiger partial charge in [0.1, 0.15) is 17.6 Å². The first-order valence-corrected chi connectivity index (χ1v) is 10.2. The SMILES string of the molecule is COc1ccc(N(C)S(=O)(=O)c2cccc(C(=O)Nc3ccc(C#N)cn3)c2)cc1. The summed E-state index contributed by atoms with van der Waals surface area (Å²) in [7, 11) is -0.926. The van der Waals surface area contributed by atoms with E-state index in [0.29, 0.717) is 17.0 Å². The molecular formula is C21H18N4O4S. The van der Waals surface area contributed by atoms with Crippen molar-refractivity contribution in [1.29, 1.82) is 5.26 Å². The van der Waals surface area contributed by atoms with Gasteiger partial charge in [-0.25, -0.2) is 13.4 Å². The van der Waals surface area contributed by atoms with Gasteiger partial charge in [-0.3, -0.25) is 9.10 Å². The van der Waals surface area contributed by atoms with E-state index >= 15 is 0 Å². The molecule has 1 heterocycles. The van der Waals surface area contributed by atoms with Crippen LogP contribution in [0.4, 0.5) is 11.5 Å². The van der Waals surface area contributed by atoms with Gasteiger partial charge in [-0.15, -0.1) is 0 Å². The standard InChI is InChI=1S/C21H18N4O4S/c1-25(17-7-9-18(29-2)10-8-17)30(27,28)19-5-3-4-16(12-19)21(26)24-20-11-6-15(13-22)14-23-20/h3-12,14H,1-2H3,(H,23,24,26). The van der Waals surface area contributed by atoms with E-state index in [-0.39, 0.29) is 16.3 Å². The topological polar surface area (TPSA) is 112 Å². The van der Waals surface area contributed by atoms with Crippen LogP contribution in [0.1, 0.15) is 15.9 Å². The molecule has 0 aliphatic rings. The zero-order valence-electron chi connectivity index (χ0n) is 16.2. The van der Waals surface area contributed by atoms with Gasteiger partial charge in [0.15, 0.2) is 0 Å². The van der Waals surface area contributed by atoms with Gasteiger partial charge < -0.3 is 10.1 Å². The number of amides is 1. The summed E-state index contributed by atoms with van der Waals surface area (Å²) in [5.74, 6) is 0.346. The lowest BCUT2D eigenvalue weighted by Gasteiger charge is -2.20. The minimum Gasteiger partial charge on any atom is -0.497 e. The molecule has 1 N–H and O–H groups in total. The molecule has 0 unspecified atom stereocenters. The van der Waals surface area contributed by atoms with Gasteiger partial charge in [0.2, 0.25) is 0 Å². The third-order valence-electron chi connectivity index (χ3n) is 4.32. The number of benzene rings is 2. The van der Waals surface area contributed by atoms with Crippen LogP contribution >= 0.6 is 0 Å². The van der Waals surface area contributed by atoms with Crippen molar-refractivity contribution in [3.8, 4) is 11.8 Å². The Morgan fingerprint density at radius 3 is 2.47 bits per heavy atom. The van der Waals surface area contributed by atoms with E-state index in [1.807, 2.05) is 6.07 Å². The second-order valence-corrected chi connectivity index (χ2v) is 8.17. The fourth-order valence-corrected chi connectivity index (χ4v) is 3.85. The highest BCUT2D eigenvalue weighted by molar-refractivity contribution is 7.92. The Morgan fingerprint density at radius 1 is 1.13 bits per heavy atom. The minimum absolute atomic E-state index is 0.0266. The van der Waals surface area contributed by atoms with Crippen LogP contribution in [-0.4, -0.2) is 33.5 Å². The smallest absolute Gasteiger partial charge is 0.264 e. The average molecular weight is 422 g/mol. The molecule has 8 nitrogen and oxygen atoms in total. The number of carbonyl (C=O) groups excluding carboxylic acids is 1. The van der Waals surface area contributed by atoms with Crippen molar-refractivity contribution in [3.63, 3.8) is 0 Å². The molecule has 152 valence electrons. The number of ether oxygens (including phenoxy) is 1. The molecule has 1 aromatic heterocycles. The first kappa shape index (κ1) is 20.8.